The first-order valence-electron chi connectivity index (χ1n) is 8.34. The van der Waals surface area contributed by atoms with Crippen LogP contribution < -0.4 is 0 Å². The molecule has 0 unspecified atom stereocenters. The molecule has 134 valence electrons. The normalized spacial score (nSPS) is 15.2. The molecule has 0 bridgehead atoms. The highest BCUT2D eigenvalue weighted by Crippen LogP contribution is 2.26. The van der Waals surface area contributed by atoms with Gasteiger partial charge in [0.2, 0.25) is 0 Å². The molecule has 0 saturated heterocycles. The van der Waals surface area contributed by atoms with Crippen molar-refractivity contribution < 1.29 is 8.42 Å². The van der Waals surface area contributed by atoms with Crippen molar-refractivity contribution in [2.75, 3.05) is 12.8 Å². The maximum absolute atomic E-state index is 12.1. The third-order valence-corrected chi connectivity index (χ3v) is 6.05. The van der Waals surface area contributed by atoms with Crippen molar-refractivity contribution in [3.8, 4) is 0 Å². The summed E-state index contributed by atoms with van der Waals surface area (Å²) in [6.07, 6.45) is 3.80. The number of pyridine rings is 2. The number of sulfone groups is 1. The molecule has 2 aromatic heterocycles. The molecular formula is C19H18ClN3O2S. The van der Waals surface area contributed by atoms with E-state index in [0.717, 1.165) is 41.8 Å². The lowest BCUT2D eigenvalue weighted by Crippen LogP contribution is -2.31. The first kappa shape index (κ1) is 17.4. The van der Waals surface area contributed by atoms with Gasteiger partial charge in [-0.05, 0) is 41.5 Å². The highest BCUT2D eigenvalue weighted by molar-refractivity contribution is 7.90. The minimum absolute atomic E-state index is 0.302. The number of fused-ring (bicyclic) bond motifs is 2. The van der Waals surface area contributed by atoms with Crippen LogP contribution in [0, 0.1) is 0 Å². The van der Waals surface area contributed by atoms with Gasteiger partial charge in [0.25, 0.3) is 0 Å². The minimum Gasteiger partial charge on any atom is -0.294 e. The predicted octanol–water partition coefficient (Wildman–Crippen LogP) is 3.25. The first-order valence-corrected chi connectivity index (χ1v) is 10.6. The highest BCUT2D eigenvalue weighted by Gasteiger charge is 2.21. The van der Waals surface area contributed by atoms with Gasteiger partial charge in [-0.15, -0.1) is 0 Å². The quantitative estimate of drug-likeness (QED) is 0.690. The van der Waals surface area contributed by atoms with Gasteiger partial charge in [0.1, 0.15) is 0 Å². The van der Waals surface area contributed by atoms with Gasteiger partial charge in [0.15, 0.2) is 15.5 Å². The van der Waals surface area contributed by atoms with E-state index in [9.17, 15) is 8.42 Å². The van der Waals surface area contributed by atoms with E-state index in [2.05, 4.69) is 20.9 Å². The maximum Gasteiger partial charge on any atom is 0.175 e. The summed E-state index contributed by atoms with van der Waals surface area (Å²) in [6.45, 7) is 2.12. The van der Waals surface area contributed by atoms with Gasteiger partial charge >= 0.3 is 0 Å². The van der Waals surface area contributed by atoms with Crippen molar-refractivity contribution in [1.29, 1.82) is 0 Å². The topological polar surface area (TPSA) is 63.2 Å². The summed E-state index contributed by atoms with van der Waals surface area (Å²) in [5.41, 5.74) is 3.80. The van der Waals surface area contributed by atoms with Crippen molar-refractivity contribution in [3.05, 3.63) is 64.4 Å². The Morgan fingerprint density at radius 3 is 2.88 bits per heavy atom. The summed E-state index contributed by atoms with van der Waals surface area (Å²) in [7, 11) is -3.33. The summed E-state index contributed by atoms with van der Waals surface area (Å²) < 4.78 is 24.2. The second-order valence-electron chi connectivity index (χ2n) is 6.63. The fraction of sp³-hybridized carbons (Fsp3) is 0.263. The molecule has 1 aliphatic heterocycles. The van der Waals surface area contributed by atoms with E-state index < -0.39 is 9.84 Å². The maximum atomic E-state index is 12.1. The standard InChI is InChI=1S/C19H18ClN3O2S/c1-26(24,25)18-10-16(20)5-4-14(18)11-23-8-6-17-15(12-23)9-13-3-2-7-21-19(13)22-17/h2-5,7,9-10H,6,8,11-12H2,1H3. The molecule has 3 aromatic rings. The lowest BCUT2D eigenvalue weighted by Gasteiger charge is -2.29. The molecule has 0 spiro atoms. The number of hydrogen-bond donors (Lipinski definition) is 0. The van der Waals surface area contributed by atoms with Gasteiger partial charge in [-0.3, -0.25) is 4.90 Å². The van der Waals surface area contributed by atoms with Crippen molar-refractivity contribution >= 4 is 32.5 Å². The second-order valence-corrected chi connectivity index (χ2v) is 9.05. The Kier molecular flexibility index (Phi) is 4.42. The van der Waals surface area contributed by atoms with E-state index in [4.69, 9.17) is 11.6 Å². The Balaban J connectivity index is 1.63. The number of aromatic nitrogens is 2. The zero-order valence-electron chi connectivity index (χ0n) is 14.3. The SMILES string of the molecule is CS(=O)(=O)c1cc(Cl)ccc1CN1CCc2nc3ncccc3cc2C1. The van der Waals surface area contributed by atoms with E-state index >= 15 is 0 Å². The zero-order valence-corrected chi connectivity index (χ0v) is 15.9. The van der Waals surface area contributed by atoms with E-state index in [-0.39, 0.29) is 0 Å². The zero-order chi connectivity index (χ0) is 18.3. The highest BCUT2D eigenvalue weighted by atomic mass is 35.5. The Hall–Kier alpha value is -2.02. The largest absolute Gasteiger partial charge is 0.294 e. The monoisotopic (exact) mass is 387 g/mol. The molecule has 0 saturated carbocycles. The third-order valence-electron chi connectivity index (χ3n) is 4.64. The van der Waals surface area contributed by atoms with Crippen LogP contribution in [-0.2, 0) is 29.3 Å². The van der Waals surface area contributed by atoms with Crippen molar-refractivity contribution in [2.45, 2.75) is 24.4 Å². The summed E-state index contributed by atoms with van der Waals surface area (Å²) in [5.74, 6) is 0. The van der Waals surface area contributed by atoms with E-state index in [1.54, 1.807) is 18.3 Å². The average molecular weight is 388 g/mol. The van der Waals surface area contributed by atoms with Crippen LogP contribution in [-0.4, -0.2) is 36.1 Å². The third kappa shape index (κ3) is 3.45. The molecule has 1 aliphatic rings. The molecule has 0 amide bonds. The van der Waals surface area contributed by atoms with Gasteiger partial charge in [0, 0.05) is 54.6 Å². The van der Waals surface area contributed by atoms with Crippen molar-refractivity contribution in [2.24, 2.45) is 0 Å². The minimum atomic E-state index is -3.33. The van der Waals surface area contributed by atoms with Gasteiger partial charge < -0.3 is 0 Å². The van der Waals surface area contributed by atoms with E-state index in [0.29, 0.717) is 16.5 Å². The molecule has 0 fully saturated rings. The van der Waals surface area contributed by atoms with Crippen LogP contribution in [0.5, 0.6) is 0 Å². The van der Waals surface area contributed by atoms with Gasteiger partial charge in [-0.1, -0.05) is 17.7 Å². The van der Waals surface area contributed by atoms with Crippen LogP contribution in [0.2, 0.25) is 5.02 Å². The summed E-state index contributed by atoms with van der Waals surface area (Å²) >= 11 is 6.00. The molecule has 5 nitrogen and oxygen atoms in total. The van der Waals surface area contributed by atoms with Gasteiger partial charge in [-0.25, -0.2) is 18.4 Å². The van der Waals surface area contributed by atoms with Gasteiger partial charge in [-0.2, -0.15) is 0 Å². The van der Waals surface area contributed by atoms with E-state index in [1.807, 2.05) is 12.1 Å². The Morgan fingerprint density at radius 2 is 2.08 bits per heavy atom. The molecule has 0 N–H and O–H groups in total. The summed E-state index contributed by atoms with van der Waals surface area (Å²) in [6, 6.07) is 11.1. The molecule has 3 heterocycles. The molecule has 7 heteroatoms. The summed E-state index contributed by atoms with van der Waals surface area (Å²) in [4.78, 5) is 11.5. The lowest BCUT2D eigenvalue weighted by molar-refractivity contribution is 0.242. The van der Waals surface area contributed by atoms with Crippen LogP contribution >= 0.6 is 11.6 Å². The molecule has 26 heavy (non-hydrogen) atoms. The molecule has 4 rings (SSSR count). The smallest absolute Gasteiger partial charge is 0.175 e. The lowest BCUT2D eigenvalue weighted by atomic mass is 10.0. The predicted molar refractivity (Wildman–Crippen MR) is 102 cm³/mol. The molecule has 0 radical (unpaired) electrons. The summed E-state index contributed by atoms with van der Waals surface area (Å²) in [5, 5.41) is 1.46. The average Bonchev–Trinajstić information content (AvgIpc) is 2.60. The van der Waals surface area contributed by atoms with Crippen LogP contribution in [0.1, 0.15) is 16.8 Å². The fourth-order valence-electron chi connectivity index (χ4n) is 3.40. The van der Waals surface area contributed by atoms with Crippen LogP contribution in [0.4, 0.5) is 0 Å². The van der Waals surface area contributed by atoms with E-state index in [1.165, 1.54) is 17.9 Å². The van der Waals surface area contributed by atoms with Crippen molar-refractivity contribution in [1.82, 2.24) is 14.9 Å². The van der Waals surface area contributed by atoms with Crippen LogP contribution in [0.3, 0.4) is 0 Å². The molecular weight excluding hydrogens is 370 g/mol. The fourth-order valence-corrected chi connectivity index (χ4v) is 4.59. The number of benzene rings is 1. The number of halogens is 1. The van der Waals surface area contributed by atoms with Crippen LogP contribution in [0.15, 0.2) is 47.5 Å². The Labute approximate surface area is 157 Å². The molecule has 0 aliphatic carbocycles. The molecule has 1 aromatic carbocycles. The number of nitrogens with zero attached hydrogens (tertiary/aromatic N) is 3. The Morgan fingerprint density at radius 1 is 1.23 bits per heavy atom. The first-order chi connectivity index (χ1) is 12.4. The number of hydrogen-bond acceptors (Lipinski definition) is 5. The molecule has 0 atom stereocenters. The number of rotatable bonds is 3. The Bertz CT molecular complexity index is 1100. The van der Waals surface area contributed by atoms with Crippen molar-refractivity contribution in [3.63, 3.8) is 0 Å². The van der Waals surface area contributed by atoms with Crippen LogP contribution in [0.25, 0.3) is 11.0 Å². The van der Waals surface area contributed by atoms with Gasteiger partial charge in [0.05, 0.1) is 4.90 Å². The second kappa shape index (κ2) is 6.61.